The molecule has 2 aromatic carbocycles. The van der Waals surface area contributed by atoms with Gasteiger partial charge in [0, 0.05) is 24.2 Å². The molecule has 36 heavy (non-hydrogen) atoms. The van der Waals surface area contributed by atoms with Crippen LogP contribution < -0.4 is 5.56 Å². The van der Waals surface area contributed by atoms with Gasteiger partial charge in [0.25, 0.3) is 5.56 Å². The highest BCUT2D eigenvalue weighted by Gasteiger charge is 2.32. The number of pyridine rings is 1. The molecule has 1 saturated carbocycles. The van der Waals surface area contributed by atoms with Crippen molar-refractivity contribution >= 4 is 10.9 Å². The van der Waals surface area contributed by atoms with E-state index in [0.717, 1.165) is 53.7 Å². The van der Waals surface area contributed by atoms with E-state index < -0.39 is 0 Å². The van der Waals surface area contributed by atoms with Gasteiger partial charge in [-0.2, -0.15) is 0 Å². The standard InChI is InChI=1S/C29H36N6O/c1-20(2)27(28-31-32-33-35(28)25-11-7-8-12-25)34(16-15-22-9-5-4-6-10-22)19-24-18-23-14-13-21(3)17-26(23)30-29(24)36/h4-6,9-10,13-14,17-18,20,25,27H,7-8,11-12,15-16,19H2,1-3H3,(H,30,36)/t27-/m0/s1. The van der Waals surface area contributed by atoms with Crippen LogP contribution in [0.3, 0.4) is 0 Å². The fourth-order valence-electron chi connectivity index (χ4n) is 5.62. The van der Waals surface area contributed by atoms with E-state index in [-0.39, 0.29) is 17.5 Å². The minimum absolute atomic E-state index is 0.00238. The van der Waals surface area contributed by atoms with Crippen molar-refractivity contribution in [1.29, 1.82) is 0 Å². The zero-order valence-electron chi connectivity index (χ0n) is 21.5. The Morgan fingerprint density at radius 3 is 2.61 bits per heavy atom. The third kappa shape index (κ3) is 5.26. The number of tetrazole rings is 1. The van der Waals surface area contributed by atoms with Crippen LogP contribution >= 0.6 is 0 Å². The monoisotopic (exact) mass is 484 g/mol. The average molecular weight is 485 g/mol. The van der Waals surface area contributed by atoms with Gasteiger partial charge in [-0.25, -0.2) is 4.68 Å². The Labute approximate surface area is 212 Å². The first-order valence-corrected chi connectivity index (χ1v) is 13.2. The average Bonchev–Trinajstić information content (AvgIpc) is 3.56. The highest BCUT2D eigenvalue weighted by Crippen LogP contribution is 2.34. The van der Waals surface area contributed by atoms with Crippen LogP contribution in [0, 0.1) is 12.8 Å². The molecule has 4 aromatic rings. The number of aryl methyl sites for hydroxylation is 1. The lowest BCUT2D eigenvalue weighted by Crippen LogP contribution is -2.37. The maximum absolute atomic E-state index is 13.2. The number of hydrogen-bond donors (Lipinski definition) is 1. The molecule has 1 N–H and O–H groups in total. The van der Waals surface area contributed by atoms with Crippen LogP contribution in [0.25, 0.3) is 10.9 Å². The van der Waals surface area contributed by atoms with E-state index in [1.165, 1.54) is 18.4 Å². The predicted molar refractivity (Wildman–Crippen MR) is 143 cm³/mol. The van der Waals surface area contributed by atoms with Crippen molar-refractivity contribution in [3.8, 4) is 0 Å². The van der Waals surface area contributed by atoms with Gasteiger partial charge in [0.15, 0.2) is 5.82 Å². The summed E-state index contributed by atoms with van der Waals surface area (Å²) in [6, 6.07) is 19.1. The van der Waals surface area contributed by atoms with E-state index >= 15 is 0 Å². The Kier molecular flexibility index (Phi) is 7.28. The van der Waals surface area contributed by atoms with E-state index in [9.17, 15) is 4.79 Å². The van der Waals surface area contributed by atoms with Gasteiger partial charge in [0.1, 0.15) is 0 Å². The maximum atomic E-state index is 13.2. The molecular formula is C29H36N6O. The molecule has 188 valence electrons. The first kappa shape index (κ1) is 24.4. The van der Waals surface area contributed by atoms with Crippen LogP contribution in [-0.2, 0) is 13.0 Å². The van der Waals surface area contributed by atoms with Gasteiger partial charge in [-0.3, -0.25) is 9.69 Å². The van der Waals surface area contributed by atoms with Crippen molar-refractivity contribution in [2.45, 2.75) is 71.5 Å². The number of benzene rings is 2. The van der Waals surface area contributed by atoms with E-state index in [0.29, 0.717) is 12.6 Å². The first-order valence-electron chi connectivity index (χ1n) is 13.2. The van der Waals surface area contributed by atoms with Crippen LogP contribution in [0.2, 0.25) is 0 Å². The van der Waals surface area contributed by atoms with Crippen molar-refractivity contribution in [3.05, 3.63) is 87.5 Å². The topological polar surface area (TPSA) is 79.7 Å². The molecule has 1 atom stereocenters. The van der Waals surface area contributed by atoms with Crippen molar-refractivity contribution < 1.29 is 0 Å². The van der Waals surface area contributed by atoms with E-state index in [2.05, 4.69) is 80.3 Å². The number of aromatic nitrogens is 5. The fourth-order valence-corrected chi connectivity index (χ4v) is 5.62. The molecule has 0 unspecified atom stereocenters. The summed E-state index contributed by atoms with van der Waals surface area (Å²) in [7, 11) is 0. The summed E-state index contributed by atoms with van der Waals surface area (Å²) in [5, 5.41) is 14.2. The molecule has 5 rings (SSSR count). The molecule has 0 aliphatic heterocycles. The van der Waals surface area contributed by atoms with Gasteiger partial charge in [-0.05, 0) is 71.2 Å². The normalized spacial score (nSPS) is 15.4. The number of nitrogens with zero attached hydrogens (tertiary/aromatic N) is 5. The Hall–Kier alpha value is -3.32. The summed E-state index contributed by atoms with van der Waals surface area (Å²) < 4.78 is 2.07. The molecule has 7 heteroatoms. The number of nitrogens with one attached hydrogen (secondary N) is 1. The van der Waals surface area contributed by atoms with Crippen LogP contribution in [0.4, 0.5) is 0 Å². The number of H-pyrrole nitrogens is 1. The summed E-state index contributed by atoms with van der Waals surface area (Å²) in [5.41, 5.74) is 4.03. The van der Waals surface area contributed by atoms with Crippen LogP contribution in [0.15, 0.2) is 59.4 Å². The molecule has 2 heterocycles. The third-order valence-corrected chi connectivity index (χ3v) is 7.46. The van der Waals surface area contributed by atoms with Crippen molar-refractivity contribution in [2.75, 3.05) is 6.54 Å². The lowest BCUT2D eigenvalue weighted by Gasteiger charge is -2.34. The maximum Gasteiger partial charge on any atom is 0.252 e. The molecule has 0 radical (unpaired) electrons. The molecule has 7 nitrogen and oxygen atoms in total. The zero-order valence-corrected chi connectivity index (χ0v) is 21.5. The molecule has 0 saturated heterocycles. The SMILES string of the molecule is Cc1ccc2cc(CN(CCc3ccccc3)[C@H](c3nnnn3C3CCCC3)C(C)C)c(=O)[nH]c2c1. The van der Waals surface area contributed by atoms with Crippen molar-refractivity contribution in [1.82, 2.24) is 30.1 Å². The zero-order chi connectivity index (χ0) is 25.1. The largest absolute Gasteiger partial charge is 0.322 e. The summed E-state index contributed by atoms with van der Waals surface area (Å²) in [4.78, 5) is 18.7. The number of aromatic amines is 1. The molecular weight excluding hydrogens is 448 g/mol. The highest BCUT2D eigenvalue weighted by atomic mass is 16.1. The second-order valence-corrected chi connectivity index (χ2v) is 10.5. The second-order valence-electron chi connectivity index (χ2n) is 10.5. The van der Waals surface area contributed by atoms with Gasteiger partial charge < -0.3 is 4.98 Å². The molecule has 1 aliphatic rings. The number of rotatable bonds is 9. The van der Waals surface area contributed by atoms with Crippen molar-refractivity contribution in [2.24, 2.45) is 5.92 Å². The van der Waals surface area contributed by atoms with E-state index in [4.69, 9.17) is 0 Å². The Balaban J connectivity index is 1.51. The minimum Gasteiger partial charge on any atom is -0.322 e. The van der Waals surface area contributed by atoms with Gasteiger partial charge in [0.2, 0.25) is 0 Å². The smallest absolute Gasteiger partial charge is 0.252 e. The van der Waals surface area contributed by atoms with Crippen LogP contribution in [0.5, 0.6) is 0 Å². The fraction of sp³-hybridized carbons (Fsp3) is 0.448. The minimum atomic E-state index is -0.0318. The number of fused-ring (bicyclic) bond motifs is 1. The van der Waals surface area contributed by atoms with Crippen LogP contribution in [0.1, 0.15) is 74.1 Å². The van der Waals surface area contributed by atoms with Crippen LogP contribution in [-0.4, -0.2) is 36.6 Å². The Morgan fingerprint density at radius 2 is 1.86 bits per heavy atom. The Morgan fingerprint density at radius 1 is 1.08 bits per heavy atom. The first-order chi connectivity index (χ1) is 17.5. The van der Waals surface area contributed by atoms with Crippen molar-refractivity contribution in [3.63, 3.8) is 0 Å². The number of hydrogen-bond acceptors (Lipinski definition) is 5. The van der Waals surface area contributed by atoms with Gasteiger partial charge >= 0.3 is 0 Å². The molecule has 1 fully saturated rings. The molecule has 0 spiro atoms. The van der Waals surface area contributed by atoms with E-state index in [1.807, 2.05) is 25.1 Å². The summed E-state index contributed by atoms with van der Waals surface area (Å²) in [6.45, 7) is 7.82. The molecule has 0 bridgehead atoms. The summed E-state index contributed by atoms with van der Waals surface area (Å²) in [5.74, 6) is 1.19. The van der Waals surface area contributed by atoms with Gasteiger partial charge in [-0.15, -0.1) is 5.10 Å². The highest BCUT2D eigenvalue weighted by molar-refractivity contribution is 5.79. The lowest BCUT2D eigenvalue weighted by atomic mass is 9.99. The third-order valence-electron chi connectivity index (χ3n) is 7.46. The Bertz CT molecular complexity index is 1350. The van der Waals surface area contributed by atoms with E-state index in [1.54, 1.807) is 0 Å². The molecule has 0 amide bonds. The van der Waals surface area contributed by atoms with Gasteiger partial charge in [0.05, 0.1) is 12.1 Å². The second kappa shape index (κ2) is 10.7. The van der Waals surface area contributed by atoms with Gasteiger partial charge in [-0.1, -0.05) is 69.2 Å². The predicted octanol–water partition coefficient (Wildman–Crippen LogP) is 5.38. The molecule has 2 aromatic heterocycles. The summed E-state index contributed by atoms with van der Waals surface area (Å²) >= 11 is 0. The molecule has 1 aliphatic carbocycles. The summed E-state index contributed by atoms with van der Waals surface area (Å²) in [6.07, 6.45) is 5.58. The lowest BCUT2D eigenvalue weighted by molar-refractivity contribution is 0.133. The quantitative estimate of drug-likeness (QED) is 0.345.